The zero-order chi connectivity index (χ0) is 30.1. The van der Waals surface area contributed by atoms with E-state index in [-0.39, 0.29) is 12.1 Å². The summed E-state index contributed by atoms with van der Waals surface area (Å²) in [5.74, 6) is -0.671. The summed E-state index contributed by atoms with van der Waals surface area (Å²) in [6.45, 7) is 4.51. The molecule has 1 atom stereocenters. The highest BCUT2D eigenvalue weighted by molar-refractivity contribution is 5.69. The van der Waals surface area contributed by atoms with Gasteiger partial charge in [0.25, 0.3) is 0 Å². The maximum atomic E-state index is 12.6. The molecule has 1 unspecified atom stereocenters. The Morgan fingerprint density at radius 3 is 1.39 bits per heavy atom. The molecule has 1 N–H and O–H groups in total. The lowest BCUT2D eigenvalue weighted by Crippen LogP contribution is -2.18. The van der Waals surface area contributed by atoms with E-state index >= 15 is 0 Å². The molecule has 0 amide bonds. The Kier molecular flexibility index (Phi) is 32.1. The number of allylic oxidation sites excluding steroid dienone is 2. The van der Waals surface area contributed by atoms with Crippen LogP contribution in [0.4, 0.5) is 0 Å². The molecule has 4 heteroatoms. The van der Waals surface area contributed by atoms with Crippen molar-refractivity contribution < 1.29 is 19.4 Å². The van der Waals surface area contributed by atoms with Gasteiger partial charge in [-0.3, -0.25) is 9.59 Å². The van der Waals surface area contributed by atoms with E-state index in [0.29, 0.717) is 12.8 Å². The Labute approximate surface area is 255 Å². The van der Waals surface area contributed by atoms with Crippen molar-refractivity contribution in [3.8, 4) is 0 Å². The van der Waals surface area contributed by atoms with Crippen molar-refractivity contribution in [3.05, 3.63) is 12.2 Å². The van der Waals surface area contributed by atoms with E-state index < -0.39 is 5.97 Å². The largest absolute Gasteiger partial charge is 0.481 e. The smallest absolute Gasteiger partial charge is 0.306 e. The second-order valence-electron chi connectivity index (χ2n) is 12.4. The molecule has 0 aliphatic heterocycles. The molecule has 0 rings (SSSR count). The standard InChI is InChI=1S/C37H70O4/c1-3-5-7-9-11-13-14-15-17-22-26-30-34-37(40)41-35(31-27-23-19-16-12-10-8-6-4-2)32-28-24-20-18-21-25-29-33-36(38)39/h9,11,35H,3-8,10,12-34H2,1-2H3,(H,38,39)/b11-9-. The third-order valence-electron chi connectivity index (χ3n) is 8.24. The van der Waals surface area contributed by atoms with Crippen molar-refractivity contribution in [2.24, 2.45) is 0 Å². The van der Waals surface area contributed by atoms with E-state index in [1.807, 2.05) is 0 Å². The number of carbonyl (C=O) groups excluding carboxylic acids is 1. The normalized spacial score (nSPS) is 12.2. The molecule has 0 saturated carbocycles. The van der Waals surface area contributed by atoms with Crippen molar-refractivity contribution in [2.75, 3.05) is 0 Å². The number of hydrogen-bond acceptors (Lipinski definition) is 3. The lowest BCUT2D eigenvalue weighted by Gasteiger charge is -2.18. The molecule has 0 bridgehead atoms. The fourth-order valence-corrected chi connectivity index (χ4v) is 5.52. The van der Waals surface area contributed by atoms with Gasteiger partial charge in [0.15, 0.2) is 0 Å². The van der Waals surface area contributed by atoms with Gasteiger partial charge in [-0.15, -0.1) is 0 Å². The van der Waals surface area contributed by atoms with E-state index in [2.05, 4.69) is 26.0 Å². The van der Waals surface area contributed by atoms with E-state index in [1.54, 1.807) is 0 Å². The van der Waals surface area contributed by atoms with Crippen LogP contribution in [0, 0.1) is 0 Å². The van der Waals surface area contributed by atoms with Crippen molar-refractivity contribution in [3.63, 3.8) is 0 Å². The van der Waals surface area contributed by atoms with Crippen LogP contribution in [0.2, 0.25) is 0 Å². The number of rotatable bonds is 33. The SMILES string of the molecule is CCCC/C=C\CCCCCCCCC(=O)OC(CCCCCCCCCCC)CCCCCCCCCC(=O)O. The van der Waals surface area contributed by atoms with Gasteiger partial charge in [0.2, 0.25) is 0 Å². The van der Waals surface area contributed by atoms with E-state index in [1.165, 1.54) is 128 Å². The fraction of sp³-hybridized carbons (Fsp3) is 0.892. The number of carboxylic acid groups (broad SMARTS) is 1. The molecule has 0 heterocycles. The molecule has 0 aromatic carbocycles. The summed E-state index contributed by atoms with van der Waals surface area (Å²) >= 11 is 0. The molecule has 0 aromatic rings. The first-order valence-electron chi connectivity index (χ1n) is 18.2. The molecule has 0 aliphatic rings. The van der Waals surface area contributed by atoms with Crippen LogP contribution in [0.1, 0.15) is 206 Å². The summed E-state index contributed by atoms with van der Waals surface area (Å²) in [5, 5.41) is 8.74. The topological polar surface area (TPSA) is 63.6 Å². The summed E-state index contributed by atoms with van der Waals surface area (Å²) in [7, 11) is 0. The van der Waals surface area contributed by atoms with Crippen molar-refractivity contribution >= 4 is 11.9 Å². The van der Waals surface area contributed by atoms with Crippen LogP contribution < -0.4 is 0 Å². The quantitative estimate of drug-likeness (QED) is 0.0478. The average Bonchev–Trinajstić information content (AvgIpc) is 2.95. The Morgan fingerprint density at radius 1 is 0.512 bits per heavy atom. The van der Waals surface area contributed by atoms with Crippen LogP contribution in [0.25, 0.3) is 0 Å². The highest BCUT2D eigenvalue weighted by Crippen LogP contribution is 2.19. The molecular weight excluding hydrogens is 508 g/mol. The van der Waals surface area contributed by atoms with Crippen LogP contribution in [0.5, 0.6) is 0 Å². The molecule has 242 valence electrons. The minimum Gasteiger partial charge on any atom is -0.481 e. The monoisotopic (exact) mass is 579 g/mol. The van der Waals surface area contributed by atoms with E-state index in [4.69, 9.17) is 9.84 Å². The predicted molar refractivity (Wildman–Crippen MR) is 177 cm³/mol. The Morgan fingerprint density at radius 2 is 0.902 bits per heavy atom. The number of esters is 1. The molecule has 41 heavy (non-hydrogen) atoms. The lowest BCUT2D eigenvalue weighted by atomic mass is 10.0. The van der Waals surface area contributed by atoms with Gasteiger partial charge in [-0.2, -0.15) is 0 Å². The number of hydrogen-bond donors (Lipinski definition) is 1. The van der Waals surface area contributed by atoms with Crippen LogP contribution in [0.3, 0.4) is 0 Å². The van der Waals surface area contributed by atoms with Gasteiger partial charge < -0.3 is 9.84 Å². The second kappa shape index (κ2) is 33.2. The first-order chi connectivity index (χ1) is 20.1. The van der Waals surface area contributed by atoms with Crippen molar-refractivity contribution in [2.45, 2.75) is 213 Å². The zero-order valence-corrected chi connectivity index (χ0v) is 27.6. The predicted octanol–water partition coefficient (Wildman–Crippen LogP) is 12.3. The molecular formula is C37H70O4. The summed E-state index contributed by atoms with van der Waals surface area (Å²) in [4.78, 5) is 23.2. The van der Waals surface area contributed by atoms with Gasteiger partial charge >= 0.3 is 11.9 Å². The highest BCUT2D eigenvalue weighted by Gasteiger charge is 2.14. The number of aliphatic carboxylic acids is 1. The molecule has 0 aromatic heterocycles. The van der Waals surface area contributed by atoms with Crippen LogP contribution >= 0.6 is 0 Å². The van der Waals surface area contributed by atoms with Crippen LogP contribution in [-0.4, -0.2) is 23.1 Å². The number of carboxylic acids is 1. The molecule has 0 fully saturated rings. The lowest BCUT2D eigenvalue weighted by molar-refractivity contribution is -0.150. The number of unbranched alkanes of at least 4 members (excludes halogenated alkanes) is 22. The first kappa shape index (κ1) is 39.7. The third-order valence-corrected chi connectivity index (χ3v) is 8.24. The summed E-state index contributed by atoms with van der Waals surface area (Å²) in [5.41, 5.74) is 0. The number of ether oxygens (including phenoxy) is 1. The summed E-state index contributed by atoms with van der Waals surface area (Å²) in [6, 6.07) is 0. The Balaban J connectivity index is 4.06. The van der Waals surface area contributed by atoms with Gasteiger partial charge in [-0.25, -0.2) is 0 Å². The van der Waals surface area contributed by atoms with Gasteiger partial charge in [-0.1, -0.05) is 148 Å². The second-order valence-corrected chi connectivity index (χ2v) is 12.4. The molecule has 0 spiro atoms. The summed E-state index contributed by atoms with van der Waals surface area (Å²) < 4.78 is 6.00. The van der Waals surface area contributed by atoms with Gasteiger partial charge in [0.1, 0.15) is 6.10 Å². The maximum absolute atomic E-state index is 12.6. The fourth-order valence-electron chi connectivity index (χ4n) is 5.52. The van der Waals surface area contributed by atoms with Crippen LogP contribution in [-0.2, 0) is 14.3 Å². The Hall–Kier alpha value is -1.32. The molecule has 0 saturated heterocycles. The number of carbonyl (C=O) groups is 2. The van der Waals surface area contributed by atoms with Gasteiger partial charge in [0, 0.05) is 12.8 Å². The molecule has 0 aliphatic carbocycles. The third kappa shape index (κ3) is 33.1. The summed E-state index contributed by atoms with van der Waals surface area (Å²) in [6.07, 6.45) is 39.4. The van der Waals surface area contributed by atoms with Crippen LogP contribution in [0.15, 0.2) is 12.2 Å². The molecule has 4 nitrogen and oxygen atoms in total. The van der Waals surface area contributed by atoms with Crippen molar-refractivity contribution in [1.82, 2.24) is 0 Å². The minimum atomic E-state index is -0.686. The van der Waals surface area contributed by atoms with Gasteiger partial charge in [0.05, 0.1) is 0 Å². The Bertz CT molecular complexity index is 585. The minimum absolute atomic E-state index is 0.0153. The van der Waals surface area contributed by atoms with Crippen molar-refractivity contribution in [1.29, 1.82) is 0 Å². The van der Waals surface area contributed by atoms with E-state index in [0.717, 1.165) is 51.4 Å². The first-order valence-corrected chi connectivity index (χ1v) is 18.2. The molecule has 0 radical (unpaired) electrons. The highest BCUT2D eigenvalue weighted by atomic mass is 16.5. The average molecular weight is 579 g/mol. The van der Waals surface area contributed by atoms with Gasteiger partial charge in [-0.05, 0) is 57.8 Å². The van der Waals surface area contributed by atoms with E-state index in [9.17, 15) is 9.59 Å². The zero-order valence-electron chi connectivity index (χ0n) is 27.6. The maximum Gasteiger partial charge on any atom is 0.306 e.